The molecule has 0 spiro atoms. The predicted octanol–water partition coefficient (Wildman–Crippen LogP) is 1.16. The first kappa shape index (κ1) is 15.9. The van der Waals surface area contributed by atoms with Gasteiger partial charge in [-0.3, -0.25) is 4.90 Å². The van der Waals surface area contributed by atoms with Crippen LogP contribution >= 0.6 is 0 Å². The molecule has 1 saturated heterocycles. The van der Waals surface area contributed by atoms with E-state index >= 15 is 0 Å². The smallest absolute Gasteiger partial charge is 0.0589 e. The van der Waals surface area contributed by atoms with Gasteiger partial charge in [0.05, 0.1) is 6.61 Å². The van der Waals surface area contributed by atoms with Crippen molar-refractivity contribution in [3.8, 4) is 0 Å². The van der Waals surface area contributed by atoms with Crippen molar-refractivity contribution in [2.45, 2.75) is 45.2 Å². The Bertz CT molecular complexity index is 205. The molecular weight excluding hydrogens is 226 g/mol. The maximum atomic E-state index is 5.93. The van der Waals surface area contributed by atoms with Gasteiger partial charge in [-0.2, -0.15) is 0 Å². The molecule has 2 N–H and O–H groups in total. The van der Waals surface area contributed by atoms with Crippen LogP contribution in [0.15, 0.2) is 0 Å². The number of likely N-dealkylation sites (tertiary alicyclic amines) is 1. The van der Waals surface area contributed by atoms with E-state index in [1.165, 1.54) is 26.1 Å². The van der Waals surface area contributed by atoms with Crippen molar-refractivity contribution >= 4 is 0 Å². The minimum absolute atomic E-state index is 0.431. The minimum atomic E-state index is 0.431. The monoisotopic (exact) mass is 257 g/mol. The number of ether oxygens (including phenoxy) is 1. The first-order chi connectivity index (χ1) is 8.67. The lowest BCUT2D eigenvalue weighted by molar-refractivity contribution is 0.105. The fourth-order valence-corrected chi connectivity index (χ4v) is 2.47. The molecule has 1 rings (SSSR count). The molecule has 18 heavy (non-hydrogen) atoms. The van der Waals surface area contributed by atoms with Crippen molar-refractivity contribution in [1.82, 2.24) is 9.80 Å². The average molecular weight is 257 g/mol. The molecular formula is C14H31N3O. The third kappa shape index (κ3) is 5.65. The fraction of sp³-hybridized carbons (Fsp3) is 1.00. The van der Waals surface area contributed by atoms with Gasteiger partial charge in [0.25, 0.3) is 0 Å². The van der Waals surface area contributed by atoms with E-state index in [9.17, 15) is 0 Å². The molecule has 0 aliphatic carbocycles. The number of hydrogen-bond donors (Lipinski definition) is 1. The molecule has 1 aliphatic rings. The molecule has 1 unspecified atom stereocenters. The topological polar surface area (TPSA) is 41.7 Å². The summed E-state index contributed by atoms with van der Waals surface area (Å²) in [5.74, 6) is 0. The Morgan fingerprint density at radius 2 is 2.00 bits per heavy atom. The molecule has 0 aromatic rings. The highest BCUT2D eigenvalue weighted by Gasteiger charge is 2.18. The predicted molar refractivity (Wildman–Crippen MR) is 76.9 cm³/mol. The standard InChI is InChI=1S/C14H31N3O/c1-4-13(2)17(11-12-18-3)10-9-16-7-5-14(15)6-8-16/h13-14H,4-12,15H2,1-3H3. The van der Waals surface area contributed by atoms with E-state index in [1.807, 2.05) is 0 Å². The molecule has 1 aliphatic heterocycles. The van der Waals surface area contributed by atoms with Gasteiger partial charge in [-0.15, -0.1) is 0 Å². The lowest BCUT2D eigenvalue weighted by atomic mass is 10.1. The average Bonchev–Trinajstić information content (AvgIpc) is 2.40. The Hall–Kier alpha value is -0.160. The molecule has 1 fully saturated rings. The van der Waals surface area contributed by atoms with Crippen molar-refractivity contribution in [2.24, 2.45) is 5.73 Å². The van der Waals surface area contributed by atoms with Crippen LogP contribution in [-0.4, -0.2) is 68.3 Å². The summed E-state index contributed by atoms with van der Waals surface area (Å²) in [5.41, 5.74) is 5.93. The van der Waals surface area contributed by atoms with Gasteiger partial charge >= 0.3 is 0 Å². The van der Waals surface area contributed by atoms with E-state index in [0.717, 1.165) is 32.5 Å². The highest BCUT2D eigenvalue weighted by molar-refractivity contribution is 4.75. The van der Waals surface area contributed by atoms with E-state index in [1.54, 1.807) is 7.11 Å². The van der Waals surface area contributed by atoms with E-state index in [-0.39, 0.29) is 0 Å². The summed E-state index contributed by atoms with van der Waals surface area (Å²) in [5, 5.41) is 0. The summed E-state index contributed by atoms with van der Waals surface area (Å²) in [6, 6.07) is 1.08. The van der Waals surface area contributed by atoms with Gasteiger partial charge in [-0.1, -0.05) is 6.92 Å². The molecule has 4 nitrogen and oxygen atoms in total. The van der Waals surface area contributed by atoms with Crippen molar-refractivity contribution < 1.29 is 4.74 Å². The minimum Gasteiger partial charge on any atom is -0.383 e. The van der Waals surface area contributed by atoms with Crippen LogP contribution in [0.2, 0.25) is 0 Å². The molecule has 108 valence electrons. The molecule has 1 heterocycles. The Morgan fingerprint density at radius 3 is 2.56 bits per heavy atom. The summed E-state index contributed by atoms with van der Waals surface area (Å²) >= 11 is 0. The van der Waals surface area contributed by atoms with E-state index < -0.39 is 0 Å². The van der Waals surface area contributed by atoms with Crippen LogP contribution in [0, 0.1) is 0 Å². The Labute approximate surface area is 112 Å². The van der Waals surface area contributed by atoms with Crippen LogP contribution < -0.4 is 5.73 Å². The summed E-state index contributed by atoms with van der Waals surface area (Å²) in [7, 11) is 1.78. The Balaban J connectivity index is 2.27. The third-order valence-electron chi connectivity index (χ3n) is 4.13. The second-order valence-electron chi connectivity index (χ2n) is 5.47. The van der Waals surface area contributed by atoms with Crippen LogP contribution in [0.3, 0.4) is 0 Å². The highest BCUT2D eigenvalue weighted by Crippen LogP contribution is 2.09. The summed E-state index contributed by atoms with van der Waals surface area (Å²) in [6.07, 6.45) is 3.51. The van der Waals surface area contributed by atoms with Crippen molar-refractivity contribution in [1.29, 1.82) is 0 Å². The Kier molecular flexibility index (Phi) is 7.82. The van der Waals surface area contributed by atoms with Gasteiger partial charge in [0, 0.05) is 38.8 Å². The second kappa shape index (κ2) is 8.86. The quantitative estimate of drug-likeness (QED) is 0.708. The van der Waals surface area contributed by atoms with Gasteiger partial charge in [0.2, 0.25) is 0 Å². The van der Waals surface area contributed by atoms with Gasteiger partial charge < -0.3 is 15.4 Å². The summed E-state index contributed by atoms with van der Waals surface area (Å²) in [4.78, 5) is 5.09. The normalized spacial score (nSPS) is 20.5. The maximum absolute atomic E-state index is 5.93. The van der Waals surface area contributed by atoms with E-state index in [2.05, 4.69) is 23.6 Å². The number of nitrogens with two attached hydrogens (primary N) is 1. The van der Waals surface area contributed by atoms with Crippen LogP contribution in [0.4, 0.5) is 0 Å². The summed E-state index contributed by atoms with van der Waals surface area (Å²) < 4.78 is 5.20. The molecule has 0 aromatic heterocycles. The number of rotatable bonds is 8. The zero-order valence-corrected chi connectivity index (χ0v) is 12.4. The first-order valence-electron chi connectivity index (χ1n) is 7.38. The van der Waals surface area contributed by atoms with Crippen molar-refractivity contribution in [3.63, 3.8) is 0 Å². The fourth-order valence-electron chi connectivity index (χ4n) is 2.47. The number of piperidine rings is 1. The zero-order valence-electron chi connectivity index (χ0n) is 12.4. The molecule has 0 bridgehead atoms. The Morgan fingerprint density at radius 1 is 1.33 bits per heavy atom. The number of methoxy groups -OCH3 is 1. The van der Waals surface area contributed by atoms with Crippen molar-refractivity contribution in [2.75, 3.05) is 46.4 Å². The molecule has 0 amide bonds. The number of nitrogens with zero attached hydrogens (tertiary/aromatic N) is 2. The maximum Gasteiger partial charge on any atom is 0.0589 e. The van der Waals surface area contributed by atoms with Crippen LogP contribution in [-0.2, 0) is 4.74 Å². The van der Waals surface area contributed by atoms with E-state index in [0.29, 0.717) is 12.1 Å². The molecule has 0 saturated carbocycles. The highest BCUT2D eigenvalue weighted by atomic mass is 16.5. The van der Waals surface area contributed by atoms with Crippen molar-refractivity contribution in [3.05, 3.63) is 0 Å². The molecule has 1 atom stereocenters. The van der Waals surface area contributed by atoms with E-state index in [4.69, 9.17) is 10.5 Å². The lowest BCUT2D eigenvalue weighted by Crippen LogP contribution is -2.45. The molecule has 0 aromatic carbocycles. The summed E-state index contributed by atoms with van der Waals surface area (Å²) in [6.45, 7) is 11.1. The van der Waals surface area contributed by atoms with Gasteiger partial charge in [0.1, 0.15) is 0 Å². The van der Waals surface area contributed by atoms with Gasteiger partial charge in [-0.05, 0) is 39.3 Å². The lowest BCUT2D eigenvalue weighted by Gasteiger charge is -2.34. The SMILES string of the molecule is CCC(C)N(CCOC)CCN1CCC(N)CC1. The van der Waals surface area contributed by atoms with Crippen LogP contribution in [0.5, 0.6) is 0 Å². The van der Waals surface area contributed by atoms with Gasteiger partial charge in [-0.25, -0.2) is 0 Å². The first-order valence-corrected chi connectivity index (χ1v) is 7.38. The van der Waals surface area contributed by atoms with Crippen LogP contribution in [0.1, 0.15) is 33.1 Å². The third-order valence-corrected chi connectivity index (χ3v) is 4.13. The van der Waals surface area contributed by atoms with Crippen LogP contribution in [0.25, 0.3) is 0 Å². The van der Waals surface area contributed by atoms with Gasteiger partial charge in [0.15, 0.2) is 0 Å². The zero-order chi connectivity index (χ0) is 13.4. The molecule has 4 heteroatoms. The largest absolute Gasteiger partial charge is 0.383 e. The number of hydrogen-bond acceptors (Lipinski definition) is 4. The molecule has 0 radical (unpaired) electrons. The second-order valence-corrected chi connectivity index (χ2v) is 5.47.